The zero-order chi connectivity index (χ0) is 22.5. The van der Waals surface area contributed by atoms with Gasteiger partial charge in [0.15, 0.2) is 6.23 Å². The Bertz CT molecular complexity index is 1170. The van der Waals surface area contributed by atoms with E-state index in [1.54, 1.807) is 24.3 Å². The van der Waals surface area contributed by atoms with Crippen LogP contribution in [0.2, 0.25) is 0 Å². The smallest absolute Gasteiger partial charge is 0.338 e. The maximum absolute atomic E-state index is 13.1. The number of aromatic nitrogens is 2. The van der Waals surface area contributed by atoms with Gasteiger partial charge >= 0.3 is 11.7 Å². The lowest BCUT2D eigenvalue weighted by Gasteiger charge is -2.22. The number of carbonyl (C=O) groups excluding carboxylic acids is 1. The molecule has 166 valence electrons. The third kappa shape index (κ3) is 4.87. The fraction of sp³-hybridized carbons (Fsp3) is 0.292. The summed E-state index contributed by atoms with van der Waals surface area (Å²) in [5.74, 6) is -0.495. The lowest BCUT2D eigenvalue weighted by molar-refractivity contribution is -0.0487. The van der Waals surface area contributed by atoms with Gasteiger partial charge in [0.05, 0.1) is 18.3 Å². The number of esters is 1. The van der Waals surface area contributed by atoms with E-state index in [0.717, 1.165) is 10.1 Å². The van der Waals surface area contributed by atoms with Gasteiger partial charge in [-0.05, 0) is 24.6 Å². The first-order chi connectivity index (χ1) is 15.5. The molecule has 1 aliphatic rings. The molecule has 1 saturated heterocycles. The fourth-order valence-electron chi connectivity index (χ4n) is 3.63. The van der Waals surface area contributed by atoms with Crippen molar-refractivity contribution in [1.29, 1.82) is 0 Å². The minimum Gasteiger partial charge on any atom is -0.454 e. The molecular formula is C24H24N2O6. The maximum atomic E-state index is 13.1. The molecule has 0 bridgehead atoms. The van der Waals surface area contributed by atoms with Crippen molar-refractivity contribution in [2.75, 3.05) is 0 Å². The molecule has 0 saturated carbocycles. The van der Waals surface area contributed by atoms with Gasteiger partial charge in [-0.25, -0.2) is 14.2 Å². The zero-order valence-corrected chi connectivity index (χ0v) is 17.6. The van der Waals surface area contributed by atoms with Crippen molar-refractivity contribution in [2.24, 2.45) is 0 Å². The molecular weight excluding hydrogens is 412 g/mol. The molecule has 2 heterocycles. The predicted molar refractivity (Wildman–Crippen MR) is 116 cm³/mol. The average molecular weight is 436 g/mol. The van der Waals surface area contributed by atoms with E-state index in [1.165, 1.54) is 16.8 Å². The van der Waals surface area contributed by atoms with Gasteiger partial charge in [-0.15, -0.1) is 0 Å². The minimum atomic E-state index is -0.842. The second kappa shape index (κ2) is 9.76. The summed E-state index contributed by atoms with van der Waals surface area (Å²) in [6.07, 6.45) is 0.0527. The quantitative estimate of drug-likeness (QED) is 0.529. The summed E-state index contributed by atoms with van der Waals surface area (Å²) >= 11 is 0. The van der Waals surface area contributed by atoms with Crippen LogP contribution in [0.5, 0.6) is 0 Å². The van der Waals surface area contributed by atoms with Crippen LogP contribution >= 0.6 is 0 Å². The molecule has 3 atom stereocenters. The topological polar surface area (TPSA) is 88.8 Å². The number of hydrogen-bond donors (Lipinski definition) is 0. The van der Waals surface area contributed by atoms with Crippen LogP contribution in [0.1, 0.15) is 35.5 Å². The van der Waals surface area contributed by atoms with E-state index < -0.39 is 29.6 Å². The highest BCUT2D eigenvalue weighted by atomic mass is 16.6. The maximum Gasteiger partial charge on any atom is 0.338 e. The first kappa shape index (κ1) is 21.7. The van der Waals surface area contributed by atoms with Crippen LogP contribution in [0, 0.1) is 0 Å². The van der Waals surface area contributed by atoms with E-state index >= 15 is 0 Å². The van der Waals surface area contributed by atoms with Crippen molar-refractivity contribution < 1.29 is 19.0 Å². The summed E-state index contributed by atoms with van der Waals surface area (Å²) in [7, 11) is 0. The molecule has 8 heteroatoms. The summed E-state index contributed by atoms with van der Waals surface area (Å²) < 4.78 is 19.4. The monoisotopic (exact) mass is 436 g/mol. The Morgan fingerprint density at radius 3 is 2.44 bits per heavy atom. The molecule has 0 spiro atoms. The highest BCUT2D eigenvalue weighted by Crippen LogP contribution is 2.30. The summed E-state index contributed by atoms with van der Waals surface area (Å²) in [5.41, 5.74) is 0.267. The second-order valence-corrected chi connectivity index (χ2v) is 7.62. The van der Waals surface area contributed by atoms with E-state index in [0.29, 0.717) is 12.0 Å². The summed E-state index contributed by atoms with van der Waals surface area (Å²) in [4.78, 5) is 37.9. The van der Waals surface area contributed by atoms with Gasteiger partial charge < -0.3 is 14.2 Å². The van der Waals surface area contributed by atoms with Gasteiger partial charge in [0.2, 0.25) is 0 Å². The second-order valence-electron chi connectivity index (χ2n) is 7.62. The minimum absolute atomic E-state index is 0.204. The van der Waals surface area contributed by atoms with Crippen LogP contribution in [0.4, 0.5) is 0 Å². The van der Waals surface area contributed by atoms with Gasteiger partial charge in [-0.1, -0.05) is 48.5 Å². The zero-order valence-electron chi connectivity index (χ0n) is 17.6. The molecule has 0 amide bonds. The molecule has 32 heavy (non-hydrogen) atoms. The predicted octanol–water partition coefficient (Wildman–Crippen LogP) is 2.72. The Morgan fingerprint density at radius 2 is 1.72 bits per heavy atom. The third-order valence-corrected chi connectivity index (χ3v) is 5.22. The molecule has 3 aromatic rings. The van der Waals surface area contributed by atoms with Crippen LogP contribution in [-0.4, -0.2) is 27.3 Å². The van der Waals surface area contributed by atoms with Gasteiger partial charge in [-0.3, -0.25) is 9.36 Å². The Kier molecular flexibility index (Phi) is 6.63. The standard InChI is InChI=1S/C24H24N2O6/c1-17-14-20(32-23(28)19-10-6-3-7-11-19)22(31-17)25-13-12-21(27)26(24(25)29)16-30-15-18-8-4-2-5-9-18/h2-13,17,20,22H,14-16H2,1H3/t17?,20-,22+/m0/s1. The van der Waals surface area contributed by atoms with Crippen LogP contribution < -0.4 is 11.2 Å². The van der Waals surface area contributed by atoms with E-state index in [2.05, 4.69) is 0 Å². The van der Waals surface area contributed by atoms with Crippen LogP contribution in [0.15, 0.2) is 82.5 Å². The Hall–Kier alpha value is -3.49. The van der Waals surface area contributed by atoms with Gasteiger partial charge in [0, 0.05) is 18.7 Å². The van der Waals surface area contributed by atoms with Crippen molar-refractivity contribution in [1.82, 2.24) is 9.13 Å². The number of ether oxygens (including phenoxy) is 3. The normalized spacial score (nSPS) is 20.2. The molecule has 1 aliphatic heterocycles. The highest BCUT2D eigenvalue weighted by molar-refractivity contribution is 5.89. The van der Waals surface area contributed by atoms with Gasteiger partial charge in [-0.2, -0.15) is 0 Å². The first-order valence-electron chi connectivity index (χ1n) is 10.4. The number of rotatable bonds is 7. The SMILES string of the molecule is CC1C[C@H](OC(=O)c2ccccc2)[C@H](n2ccc(=O)n(COCc3ccccc3)c2=O)O1. The largest absolute Gasteiger partial charge is 0.454 e. The van der Waals surface area contributed by atoms with Crippen molar-refractivity contribution in [2.45, 2.75) is 45.1 Å². The highest BCUT2D eigenvalue weighted by Gasteiger charge is 2.38. The van der Waals surface area contributed by atoms with E-state index in [4.69, 9.17) is 14.2 Å². The van der Waals surface area contributed by atoms with Crippen molar-refractivity contribution in [3.63, 3.8) is 0 Å². The summed E-state index contributed by atoms with van der Waals surface area (Å²) in [5, 5.41) is 0. The first-order valence-corrected chi connectivity index (χ1v) is 10.4. The molecule has 0 N–H and O–H groups in total. The van der Waals surface area contributed by atoms with E-state index in [-0.39, 0.29) is 19.4 Å². The lowest BCUT2D eigenvalue weighted by Crippen LogP contribution is -2.43. The van der Waals surface area contributed by atoms with Gasteiger partial charge in [0.25, 0.3) is 5.56 Å². The van der Waals surface area contributed by atoms with Crippen LogP contribution in [0.3, 0.4) is 0 Å². The Balaban J connectivity index is 1.52. The Morgan fingerprint density at radius 1 is 1.03 bits per heavy atom. The summed E-state index contributed by atoms with van der Waals surface area (Å²) in [6, 6.07) is 19.4. The molecule has 1 fully saturated rings. The lowest BCUT2D eigenvalue weighted by atomic mass is 10.2. The molecule has 0 aliphatic carbocycles. The van der Waals surface area contributed by atoms with Crippen molar-refractivity contribution in [3.05, 3.63) is 105 Å². The van der Waals surface area contributed by atoms with E-state index in [1.807, 2.05) is 43.3 Å². The van der Waals surface area contributed by atoms with Gasteiger partial charge in [0.1, 0.15) is 12.8 Å². The van der Waals surface area contributed by atoms with Crippen LogP contribution in [-0.2, 0) is 27.5 Å². The van der Waals surface area contributed by atoms with E-state index in [9.17, 15) is 14.4 Å². The molecule has 1 aromatic heterocycles. The molecule has 0 radical (unpaired) electrons. The molecule has 4 rings (SSSR count). The number of hydrogen-bond acceptors (Lipinski definition) is 6. The molecule has 2 aromatic carbocycles. The number of nitrogens with zero attached hydrogens (tertiary/aromatic N) is 2. The van der Waals surface area contributed by atoms with Crippen LogP contribution in [0.25, 0.3) is 0 Å². The van der Waals surface area contributed by atoms with Crippen molar-refractivity contribution >= 4 is 5.97 Å². The molecule has 8 nitrogen and oxygen atoms in total. The summed E-state index contributed by atoms with van der Waals surface area (Å²) in [6.45, 7) is 1.90. The molecule has 1 unspecified atom stereocenters. The fourth-order valence-corrected chi connectivity index (χ4v) is 3.63. The third-order valence-electron chi connectivity index (χ3n) is 5.22. The Labute approximate surface area is 184 Å². The number of benzene rings is 2. The average Bonchev–Trinajstić information content (AvgIpc) is 3.17. The van der Waals surface area contributed by atoms with Crippen molar-refractivity contribution in [3.8, 4) is 0 Å². The number of carbonyl (C=O) groups is 1.